The molecule has 8 heteroatoms. The van der Waals surface area contributed by atoms with Crippen molar-refractivity contribution in [1.29, 1.82) is 0 Å². The van der Waals surface area contributed by atoms with E-state index < -0.39 is 5.92 Å². The Labute approximate surface area is 201 Å². The highest BCUT2D eigenvalue weighted by Gasteiger charge is 2.26. The summed E-state index contributed by atoms with van der Waals surface area (Å²) >= 11 is 0. The van der Waals surface area contributed by atoms with Crippen LogP contribution in [0.2, 0.25) is 0 Å². The number of nitrogens with one attached hydrogen (secondary N) is 1. The predicted octanol–water partition coefficient (Wildman–Crippen LogP) is 4.43. The van der Waals surface area contributed by atoms with Gasteiger partial charge in [0.2, 0.25) is 5.78 Å². The summed E-state index contributed by atoms with van der Waals surface area (Å²) < 4.78 is 7.22. The number of aromatic nitrogens is 4. The molecular formula is C26H21ClN4O3. The predicted molar refractivity (Wildman–Crippen MR) is 131 cm³/mol. The van der Waals surface area contributed by atoms with E-state index in [1.807, 2.05) is 42.5 Å². The number of halogens is 1. The molecule has 34 heavy (non-hydrogen) atoms. The summed E-state index contributed by atoms with van der Waals surface area (Å²) in [5, 5.41) is 0. The van der Waals surface area contributed by atoms with Crippen LogP contribution in [0.25, 0.3) is 5.78 Å². The molecule has 5 aromatic rings. The molecular weight excluding hydrogens is 452 g/mol. The molecule has 0 aliphatic carbocycles. The van der Waals surface area contributed by atoms with Gasteiger partial charge in [0.15, 0.2) is 5.78 Å². The maximum atomic E-state index is 13.6. The highest BCUT2D eigenvalue weighted by molar-refractivity contribution is 6.02. The number of carbonyl (C=O) groups is 1. The molecule has 0 spiro atoms. The Hall–Kier alpha value is -4.23. The third-order valence-electron chi connectivity index (χ3n) is 5.39. The lowest BCUT2D eigenvalue weighted by atomic mass is 9.88. The van der Waals surface area contributed by atoms with Crippen LogP contribution in [0.15, 0.2) is 102 Å². The first-order chi connectivity index (χ1) is 16.2. The molecule has 0 aliphatic rings. The minimum absolute atomic E-state index is 0. The maximum Gasteiger partial charge on any atom is 0.259 e. The van der Waals surface area contributed by atoms with Crippen LogP contribution in [0.4, 0.5) is 0 Å². The number of fused-ring (bicyclic) bond motifs is 1. The third kappa shape index (κ3) is 4.74. The van der Waals surface area contributed by atoms with Gasteiger partial charge in [-0.1, -0.05) is 30.3 Å². The first kappa shape index (κ1) is 22.9. The summed E-state index contributed by atoms with van der Waals surface area (Å²) in [7, 11) is 0. The Bertz CT molecular complexity index is 1450. The number of H-pyrrole nitrogens is 1. The van der Waals surface area contributed by atoms with Gasteiger partial charge in [0.25, 0.3) is 5.56 Å². The van der Waals surface area contributed by atoms with E-state index in [1.54, 1.807) is 49.1 Å². The number of ketones is 1. The lowest BCUT2D eigenvalue weighted by Crippen LogP contribution is -2.21. The fourth-order valence-electron chi connectivity index (χ4n) is 3.72. The van der Waals surface area contributed by atoms with Gasteiger partial charge in [-0.3, -0.25) is 19.0 Å². The summed E-state index contributed by atoms with van der Waals surface area (Å²) in [6.45, 7) is 0.409. The average Bonchev–Trinajstić information content (AvgIpc) is 3.34. The van der Waals surface area contributed by atoms with Gasteiger partial charge >= 0.3 is 0 Å². The first-order valence-corrected chi connectivity index (χ1v) is 10.5. The number of pyridine rings is 1. The number of carbonyl (C=O) groups excluding carboxylic acids is 1. The van der Waals surface area contributed by atoms with Crippen LogP contribution in [-0.2, 0) is 6.61 Å². The molecule has 1 N–H and O–H groups in total. The molecule has 7 nitrogen and oxygen atoms in total. The number of imidazole rings is 1. The van der Waals surface area contributed by atoms with Crippen LogP contribution in [0.3, 0.4) is 0 Å². The van der Waals surface area contributed by atoms with E-state index in [4.69, 9.17) is 4.74 Å². The molecule has 3 heterocycles. The van der Waals surface area contributed by atoms with Crippen molar-refractivity contribution in [3.05, 3.63) is 130 Å². The van der Waals surface area contributed by atoms with Gasteiger partial charge < -0.3 is 9.72 Å². The average molecular weight is 473 g/mol. The molecule has 0 saturated heterocycles. The van der Waals surface area contributed by atoms with Crippen molar-refractivity contribution in [2.75, 3.05) is 0 Å². The van der Waals surface area contributed by atoms with Gasteiger partial charge in [-0.15, -0.1) is 12.4 Å². The van der Waals surface area contributed by atoms with Crippen LogP contribution in [-0.4, -0.2) is 25.1 Å². The van der Waals surface area contributed by atoms with Crippen LogP contribution in [0, 0.1) is 0 Å². The SMILES string of the molecule is Cl.O=C(c1ccc(OCc2ccncc2)cc1)C(c1ccccc1)c1cc(=O)n2cc[nH]c2n1. The number of aromatic amines is 1. The molecule has 0 radical (unpaired) electrons. The van der Waals surface area contributed by atoms with Crippen LogP contribution >= 0.6 is 12.4 Å². The number of ether oxygens (including phenoxy) is 1. The second-order valence-electron chi connectivity index (χ2n) is 7.55. The van der Waals surface area contributed by atoms with Gasteiger partial charge in [0.1, 0.15) is 12.4 Å². The minimum Gasteiger partial charge on any atom is -0.489 e. The van der Waals surface area contributed by atoms with Gasteiger partial charge in [-0.05, 0) is 47.5 Å². The number of hydrogen-bond acceptors (Lipinski definition) is 5. The summed E-state index contributed by atoms with van der Waals surface area (Å²) in [4.78, 5) is 37.7. The number of nitrogens with zero attached hydrogens (tertiary/aromatic N) is 3. The van der Waals surface area contributed by atoms with E-state index in [-0.39, 0.29) is 23.7 Å². The monoisotopic (exact) mass is 472 g/mol. The molecule has 0 saturated carbocycles. The Morgan fingerprint density at radius 1 is 1.00 bits per heavy atom. The Balaban J connectivity index is 0.00000274. The van der Waals surface area contributed by atoms with Gasteiger partial charge in [-0.2, -0.15) is 0 Å². The molecule has 2 aromatic carbocycles. The highest BCUT2D eigenvalue weighted by atomic mass is 35.5. The second kappa shape index (κ2) is 10.1. The zero-order chi connectivity index (χ0) is 22.6. The number of benzene rings is 2. The molecule has 1 unspecified atom stereocenters. The Morgan fingerprint density at radius 3 is 2.47 bits per heavy atom. The number of rotatable bonds is 7. The molecule has 0 fully saturated rings. The summed E-state index contributed by atoms with van der Waals surface area (Å²) in [6, 6.07) is 21.6. The quantitative estimate of drug-likeness (QED) is 0.354. The normalized spacial score (nSPS) is 11.5. The van der Waals surface area contributed by atoms with Crippen molar-refractivity contribution >= 4 is 24.0 Å². The van der Waals surface area contributed by atoms with E-state index in [0.717, 1.165) is 11.1 Å². The van der Waals surface area contributed by atoms with Gasteiger partial charge in [0, 0.05) is 36.4 Å². The van der Waals surface area contributed by atoms with Crippen LogP contribution in [0.1, 0.15) is 33.1 Å². The molecule has 0 aliphatic heterocycles. The maximum absolute atomic E-state index is 13.6. The third-order valence-corrected chi connectivity index (χ3v) is 5.39. The van der Waals surface area contributed by atoms with Crippen molar-refractivity contribution < 1.29 is 9.53 Å². The lowest BCUT2D eigenvalue weighted by molar-refractivity contribution is 0.0972. The topological polar surface area (TPSA) is 89.4 Å². The second-order valence-corrected chi connectivity index (χ2v) is 7.55. The van der Waals surface area contributed by atoms with Crippen molar-refractivity contribution in [1.82, 2.24) is 19.4 Å². The van der Waals surface area contributed by atoms with E-state index >= 15 is 0 Å². The smallest absolute Gasteiger partial charge is 0.259 e. The largest absolute Gasteiger partial charge is 0.489 e. The molecule has 5 rings (SSSR count). The molecule has 1 atom stereocenters. The van der Waals surface area contributed by atoms with Crippen molar-refractivity contribution in [2.45, 2.75) is 12.5 Å². The molecule has 3 aromatic heterocycles. The fraction of sp³-hybridized carbons (Fsp3) is 0.0769. The van der Waals surface area contributed by atoms with E-state index in [9.17, 15) is 9.59 Å². The Morgan fingerprint density at radius 2 is 1.74 bits per heavy atom. The molecule has 170 valence electrons. The summed E-state index contributed by atoms with van der Waals surface area (Å²) in [6.07, 6.45) is 6.68. The van der Waals surface area contributed by atoms with E-state index in [0.29, 0.717) is 29.4 Å². The first-order valence-electron chi connectivity index (χ1n) is 10.5. The van der Waals surface area contributed by atoms with Crippen molar-refractivity contribution in [2.24, 2.45) is 0 Å². The number of Topliss-reactive ketones (excluding diaryl/α,β-unsaturated/α-hetero) is 1. The fourth-order valence-corrected chi connectivity index (χ4v) is 3.72. The van der Waals surface area contributed by atoms with Crippen LogP contribution in [0.5, 0.6) is 5.75 Å². The van der Waals surface area contributed by atoms with Gasteiger partial charge in [0.05, 0.1) is 11.6 Å². The summed E-state index contributed by atoms with van der Waals surface area (Å²) in [5.74, 6) is 0.190. The summed E-state index contributed by atoms with van der Waals surface area (Å²) in [5.41, 5.74) is 2.43. The van der Waals surface area contributed by atoms with E-state index in [1.165, 1.54) is 10.5 Å². The molecule has 0 bridgehead atoms. The van der Waals surface area contributed by atoms with Gasteiger partial charge in [-0.25, -0.2) is 4.98 Å². The minimum atomic E-state index is -0.712. The Kier molecular flexibility index (Phi) is 6.85. The molecule has 0 amide bonds. The number of hydrogen-bond donors (Lipinski definition) is 1. The zero-order valence-electron chi connectivity index (χ0n) is 18.0. The lowest BCUT2D eigenvalue weighted by Gasteiger charge is -2.16. The van der Waals surface area contributed by atoms with Crippen molar-refractivity contribution in [3.63, 3.8) is 0 Å². The van der Waals surface area contributed by atoms with Crippen LogP contribution < -0.4 is 10.3 Å². The van der Waals surface area contributed by atoms with Crippen molar-refractivity contribution in [3.8, 4) is 5.75 Å². The van der Waals surface area contributed by atoms with E-state index in [2.05, 4.69) is 15.0 Å². The zero-order valence-corrected chi connectivity index (χ0v) is 18.8. The standard InChI is InChI=1S/C26H20N4O3.ClH/c31-23-16-22(29-26-28-14-15-30(23)26)24(19-4-2-1-3-5-19)25(32)20-6-8-21(9-7-20)33-17-18-10-12-27-13-11-18;/h1-16,24H,17H2,(H,28,29);1H. The highest BCUT2D eigenvalue weighted by Crippen LogP contribution is 2.28.